The van der Waals surface area contributed by atoms with Gasteiger partial charge in [0, 0.05) is 0 Å². The monoisotopic (exact) mass is 191 g/mol. The van der Waals surface area contributed by atoms with Crippen molar-refractivity contribution in [2.75, 3.05) is 0 Å². The predicted molar refractivity (Wildman–Crippen MR) is 30.0 cm³/mol. The lowest BCUT2D eigenvalue weighted by molar-refractivity contribution is -0.0434. The van der Waals surface area contributed by atoms with Gasteiger partial charge in [0.1, 0.15) is 0 Å². The molecule has 0 spiro atoms. The molecule has 3 nitrogen and oxygen atoms in total. The fraction of sp³-hybridized carbons (Fsp3) is 0.500. The lowest BCUT2D eigenvalue weighted by atomic mass is 11.6. The maximum absolute atomic E-state index is 11.3. The zero-order chi connectivity index (χ0) is 8.41. The smallest absolute Gasteiger partial charge is 0.194 e. The molecule has 10 heavy (non-hydrogen) atoms. The molecule has 0 aliphatic rings. The molecule has 0 heterocycles. The van der Waals surface area contributed by atoms with Crippen LogP contribution in [0.15, 0.2) is 4.40 Å². The Labute approximate surface area is 59.6 Å². The largest absolute Gasteiger partial charge is 0.519 e. The summed E-state index contributed by atoms with van der Waals surface area (Å²) < 4.78 is 55.4. The van der Waals surface area contributed by atoms with Crippen molar-refractivity contribution in [1.29, 1.82) is 0 Å². The van der Waals surface area contributed by atoms with Crippen LogP contribution >= 0.6 is 12.2 Å². The van der Waals surface area contributed by atoms with E-state index in [0.717, 1.165) is 5.16 Å². The molecule has 58 valence electrons. The molecule has 0 saturated carbocycles. The van der Waals surface area contributed by atoms with E-state index in [-0.39, 0.29) is 0 Å². The number of hydrogen-bond donors (Lipinski definition) is 0. The zero-order valence-corrected chi connectivity index (χ0v) is 5.85. The van der Waals surface area contributed by atoms with E-state index in [1.54, 1.807) is 0 Å². The fourth-order valence-corrected chi connectivity index (χ4v) is 0.597. The Morgan fingerprint density at radius 1 is 1.40 bits per heavy atom. The molecular weight excluding hydrogens is 191 g/mol. The van der Waals surface area contributed by atoms with E-state index in [9.17, 15) is 21.6 Å². The topological polar surface area (TPSA) is 46.5 Å². The van der Waals surface area contributed by atoms with Crippen LogP contribution in [0, 0.1) is 0 Å². The molecule has 0 fully saturated rings. The molecular formula is C2F3NO2S2. The normalized spacial score (nSPS) is 12.3. The first kappa shape index (κ1) is 9.54. The average molecular weight is 191 g/mol. The summed E-state index contributed by atoms with van der Waals surface area (Å²) in [7, 11) is -5.44. The van der Waals surface area contributed by atoms with Crippen molar-refractivity contribution < 1.29 is 21.6 Å². The first-order valence-electron chi connectivity index (χ1n) is 1.71. The molecule has 0 radical (unpaired) electrons. The van der Waals surface area contributed by atoms with Gasteiger partial charge >= 0.3 is 15.5 Å². The number of halogens is 3. The minimum absolute atomic E-state index is 1.11. The Bertz CT molecular complexity index is 259. The van der Waals surface area contributed by atoms with Gasteiger partial charge in [-0.3, -0.25) is 0 Å². The maximum Gasteiger partial charge on any atom is 0.519 e. The SMILES string of the molecule is O=S(=O)(N=C=S)C(F)(F)F. The standard InChI is InChI=1S/C2F3NO2S2/c3-2(4,5)10(7,8)6-1-9. The van der Waals surface area contributed by atoms with Crippen LogP contribution in [0.5, 0.6) is 0 Å². The van der Waals surface area contributed by atoms with Crippen LogP contribution in [0.3, 0.4) is 0 Å². The summed E-state index contributed by atoms with van der Waals surface area (Å²) in [5, 5.41) is 1.11. The lowest BCUT2D eigenvalue weighted by Gasteiger charge is -1.98. The van der Waals surface area contributed by atoms with Crippen LogP contribution in [-0.4, -0.2) is 19.1 Å². The summed E-state index contributed by atoms with van der Waals surface area (Å²) in [5.74, 6) is 0. The fourth-order valence-electron chi connectivity index (χ4n) is 0.101. The van der Waals surface area contributed by atoms with Gasteiger partial charge in [-0.25, -0.2) is 0 Å². The van der Waals surface area contributed by atoms with Crippen molar-refractivity contribution in [3.63, 3.8) is 0 Å². The molecule has 0 saturated heterocycles. The van der Waals surface area contributed by atoms with E-state index in [0.29, 0.717) is 0 Å². The Balaban J connectivity index is 4.97. The van der Waals surface area contributed by atoms with Crippen LogP contribution in [0.2, 0.25) is 0 Å². The van der Waals surface area contributed by atoms with Crippen molar-refractivity contribution in [3.05, 3.63) is 0 Å². The van der Waals surface area contributed by atoms with Gasteiger partial charge in [0.25, 0.3) is 0 Å². The lowest BCUT2D eigenvalue weighted by Crippen LogP contribution is -2.20. The van der Waals surface area contributed by atoms with Crippen molar-refractivity contribution in [2.24, 2.45) is 4.40 Å². The highest BCUT2D eigenvalue weighted by atomic mass is 32.2. The molecule has 0 rings (SSSR count). The third kappa shape index (κ3) is 2.05. The van der Waals surface area contributed by atoms with E-state index >= 15 is 0 Å². The van der Waals surface area contributed by atoms with Gasteiger partial charge in [0.05, 0.1) is 5.16 Å². The van der Waals surface area contributed by atoms with Gasteiger partial charge < -0.3 is 0 Å². The van der Waals surface area contributed by atoms with Crippen LogP contribution in [-0.2, 0) is 10.0 Å². The van der Waals surface area contributed by atoms with Crippen molar-refractivity contribution >= 4 is 27.4 Å². The van der Waals surface area contributed by atoms with Gasteiger partial charge in [0.15, 0.2) is 0 Å². The van der Waals surface area contributed by atoms with Gasteiger partial charge in [-0.15, -0.1) is 0 Å². The Kier molecular flexibility index (Phi) is 2.53. The Morgan fingerprint density at radius 3 is 1.90 bits per heavy atom. The van der Waals surface area contributed by atoms with E-state index in [1.165, 1.54) is 0 Å². The third-order valence-electron chi connectivity index (χ3n) is 0.450. The number of thiocarbonyl (C=S) groups is 1. The Morgan fingerprint density at radius 2 is 1.80 bits per heavy atom. The molecule has 0 atom stereocenters. The minimum Gasteiger partial charge on any atom is -0.194 e. The molecule has 0 bridgehead atoms. The van der Waals surface area contributed by atoms with Crippen LogP contribution in [0.4, 0.5) is 13.2 Å². The second-order valence-electron chi connectivity index (χ2n) is 1.10. The Hall–Kier alpha value is -0.460. The second kappa shape index (κ2) is 2.65. The summed E-state index contributed by atoms with van der Waals surface area (Å²) in [6.07, 6.45) is 0. The molecule has 0 amide bonds. The number of nitrogens with zero attached hydrogens (tertiary/aromatic N) is 1. The van der Waals surface area contributed by atoms with Crippen molar-refractivity contribution in [1.82, 2.24) is 0 Å². The van der Waals surface area contributed by atoms with Gasteiger partial charge in [-0.2, -0.15) is 21.6 Å². The molecule has 8 heteroatoms. The predicted octanol–water partition coefficient (Wildman–Crippen LogP) is 0.939. The van der Waals surface area contributed by atoms with E-state index in [1.807, 2.05) is 4.40 Å². The quantitative estimate of drug-likeness (QED) is 0.457. The molecule has 0 aromatic carbocycles. The van der Waals surface area contributed by atoms with Gasteiger partial charge in [-0.05, 0) is 12.2 Å². The molecule has 0 N–H and O–H groups in total. The average Bonchev–Trinajstić information content (AvgIpc) is 1.61. The first-order valence-corrected chi connectivity index (χ1v) is 3.56. The number of hydrogen-bond acceptors (Lipinski definition) is 3. The number of sulfonamides is 1. The third-order valence-corrected chi connectivity index (χ3v) is 1.57. The summed E-state index contributed by atoms with van der Waals surface area (Å²) in [5.41, 5.74) is -5.38. The van der Waals surface area contributed by atoms with Crippen molar-refractivity contribution in [3.8, 4) is 0 Å². The second-order valence-corrected chi connectivity index (χ2v) is 2.88. The number of rotatable bonds is 1. The zero-order valence-electron chi connectivity index (χ0n) is 4.21. The highest BCUT2D eigenvalue weighted by Crippen LogP contribution is 2.23. The van der Waals surface area contributed by atoms with E-state index < -0.39 is 15.5 Å². The highest BCUT2D eigenvalue weighted by molar-refractivity contribution is 7.91. The summed E-state index contributed by atoms with van der Waals surface area (Å²) >= 11 is 3.67. The summed E-state index contributed by atoms with van der Waals surface area (Å²) in [4.78, 5) is 0. The van der Waals surface area contributed by atoms with E-state index in [2.05, 4.69) is 12.2 Å². The summed E-state index contributed by atoms with van der Waals surface area (Å²) in [6, 6.07) is 0. The molecule has 0 unspecified atom stereocenters. The van der Waals surface area contributed by atoms with Crippen molar-refractivity contribution in [2.45, 2.75) is 5.51 Å². The minimum atomic E-state index is -5.44. The molecule has 0 aliphatic carbocycles. The first-order chi connectivity index (χ1) is 4.31. The maximum atomic E-state index is 11.3. The number of isothiocyanates is 1. The van der Waals surface area contributed by atoms with Crippen LogP contribution < -0.4 is 0 Å². The summed E-state index contributed by atoms with van der Waals surface area (Å²) in [6.45, 7) is 0. The van der Waals surface area contributed by atoms with Gasteiger partial charge in [-0.1, -0.05) is 4.40 Å². The molecule has 0 aliphatic heterocycles. The molecule has 0 aromatic rings. The number of alkyl halides is 3. The van der Waals surface area contributed by atoms with Gasteiger partial charge in [0.2, 0.25) is 0 Å². The van der Waals surface area contributed by atoms with Crippen LogP contribution in [0.1, 0.15) is 0 Å². The highest BCUT2D eigenvalue weighted by Gasteiger charge is 2.45. The molecule has 0 aromatic heterocycles. The van der Waals surface area contributed by atoms with E-state index in [4.69, 9.17) is 0 Å². The van der Waals surface area contributed by atoms with Crippen LogP contribution in [0.25, 0.3) is 0 Å².